The van der Waals surface area contributed by atoms with Gasteiger partial charge in [-0.05, 0) is 43.0 Å². The third kappa shape index (κ3) is 4.96. The number of carboxylic acids is 1. The van der Waals surface area contributed by atoms with Gasteiger partial charge < -0.3 is 25.7 Å². The summed E-state index contributed by atoms with van der Waals surface area (Å²) in [4.78, 5) is 38.0. The molecular formula is C22H25N3O5. The summed E-state index contributed by atoms with van der Waals surface area (Å²) in [5.74, 6) is -1.51. The molecule has 3 rings (SSSR count). The van der Waals surface area contributed by atoms with E-state index >= 15 is 0 Å². The van der Waals surface area contributed by atoms with Crippen molar-refractivity contribution in [3.8, 4) is 0 Å². The van der Waals surface area contributed by atoms with Gasteiger partial charge in [0.15, 0.2) is 0 Å². The number of hydrogen-bond donors (Lipinski definition) is 4. The minimum Gasteiger partial charge on any atom is -0.480 e. The molecule has 1 saturated heterocycles. The Hall–Kier alpha value is -3.39. The molecule has 3 amide bonds. The Morgan fingerprint density at radius 1 is 1.10 bits per heavy atom. The first-order valence-electron chi connectivity index (χ1n) is 9.78. The number of amides is 3. The van der Waals surface area contributed by atoms with Gasteiger partial charge in [0.05, 0.1) is 18.7 Å². The number of carbonyl (C=O) groups excluding carboxylic acids is 2. The van der Waals surface area contributed by atoms with Gasteiger partial charge in [-0.1, -0.05) is 42.5 Å². The number of benzene rings is 2. The van der Waals surface area contributed by atoms with E-state index in [1.54, 1.807) is 31.2 Å². The number of aliphatic carboxylic acids is 1. The third-order valence-corrected chi connectivity index (χ3v) is 5.17. The molecule has 1 fully saturated rings. The number of carboxylic acid groups (broad SMARTS) is 1. The quantitative estimate of drug-likeness (QED) is 0.583. The number of rotatable bonds is 6. The van der Waals surface area contributed by atoms with E-state index in [9.17, 15) is 24.6 Å². The molecule has 0 bridgehead atoms. The SMILES string of the molecule is CC(O)c1cccc(NC(=O)NCC(=O)N2C(c3ccccc3)CC[C@H]2C(=O)O)c1. The lowest BCUT2D eigenvalue weighted by Gasteiger charge is -2.29. The summed E-state index contributed by atoms with van der Waals surface area (Å²) in [6.45, 7) is 1.30. The largest absolute Gasteiger partial charge is 0.480 e. The summed E-state index contributed by atoms with van der Waals surface area (Å²) in [5, 5.41) is 24.3. The van der Waals surface area contributed by atoms with Gasteiger partial charge in [-0.25, -0.2) is 9.59 Å². The van der Waals surface area contributed by atoms with Crippen LogP contribution in [-0.2, 0) is 9.59 Å². The van der Waals surface area contributed by atoms with Crippen LogP contribution in [-0.4, -0.2) is 45.6 Å². The van der Waals surface area contributed by atoms with E-state index in [2.05, 4.69) is 10.6 Å². The monoisotopic (exact) mass is 411 g/mol. The van der Waals surface area contributed by atoms with Gasteiger partial charge in [0.1, 0.15) is 6.04 Å². The van der Waals surface area contributed by atoms with E-state index in [0.29, 0.717) is 24.1 Å². The van der Waals surface area contributed by atoms with Crippen molar-refractivity contribution >= 4 is 23.6 Å². The fourth-order valence-corrected chi connectivity index (χ4v) is 3.70. The summed E-state index contributed by atoms with van der Waals surface area (Å²) in [5.41, 5.74) is 2.00. The number of likely N-dealkylation sites (tertiary alicyclic amines) is 1. The van der Waals surface area contributed by atoms with E-state index < -0.39 is 30.1 Å². The van der Waals surface area contributed by atoms with Crippen LogP contribution < -0.4 is 10.6 Å². The number of carbonyl (C=O) groups is 3. The average molecular weight is 411 g/mol. The summed E-state index contributed by atoms with van der Waals surface area (Å²) in [6.07, 6.45) is 0.235. The zero-order chi connectivity index (χ0) is 21.7. The molecule has 2 aromatic rings. The Balaban J connectivity index is 1.65. The van der Waals surface area contributed by atoms with E-state index in [0.717, 1.165) is 5.56 Å². The number of nitrogens with one attached hydrogen (secondary N) is 2. The minimum absolute atomic E-state index is 0.324. The van der Waals surface area contributed by atoms with Crippen molar-refractivity contribution in [2.24, 2.45) is 0 Å². The van der Waals surface area contributed by atoms with Gasteiger partial charge >= 0.3 is 12.0 Å². The van der Waals surface area contributed by atoms with Crippen LogP contribution in [0.15, 0.2) is 54.6 Å². The van der Waals surface area contributed by atoms with Crippen molar-refractivity contribution < 1.29 is 24.6 Å². The van der Waals surface area contributed by atoms with Crippen LogP contribution in [0, 0.1) is 0 Å². The smallest absolute Gasteiger partial charge is 0.326 e. The summed E-state index contributed by atoms with van der Waals surface area (Å²) >= 11 is 0. The number of hydrogen-bond acceptors (Lipinski definition) is 4. The second-order valence-corrected chi connectivity index (χ2v) is 7.27. The highest BCUT2D eigenvalue weighted by Crippen LogP contribution is 2.36. The van der Waals surface area contributed by atoms with Crippen molar-refractivity contribution in [3.63, 3.8) is 0 Å². The third-order valence-electron chi connectivity index (χ3n) is 5.17. The van der Waals surface area contributed by atoms with Crippen molar-refractivity contribution in [1.29, 1.82) is 0 Å². The maximum atomic E-state index is 12.8. The van der Waals surface area contributed by atoms with Crippen LogP contribution in [0.2, 0.25) is 0 Å². The van der Waals surface area contributed by atoms with Crippen LogP contribution >= 0.6 is 0 Å². The van der Waals surface area contributed by atoms with Gasteiger partial charge in [-0.3, -0.25) is 4.79 Å². The molecule has 158 valence electrons. The highest BCUT2D eigenvalue weighted by molar-refractivity contribution is 5.93. The van der Waals surface area contributed by atoms with Gasteiger partial charge in [0, 0.05) is 5.69 Å². The van der Waals surface area contributed by atoms with Gasteiger partial charge in [0.2, 0.25) is 5.91 Å². The Labute approximate surface area is 174 Å². The van der Waals surface area contributed by atoms with Crippen molar-refractivity contribution in [3.05, 3.63) is 65.7 Å². The second kappa shape index (κ2) is 9.41. The van der Waals surface area contributed by atoms with Gasteiger partial charge in [-0.15, -0.1) is 0 Å². The molecule has 0 aromatic heterocycles. The molecular weight excluding hydrogens is 386 g/mol. The molecule has 2 unspecified atom stereocenters. The van der Waals surface area contributed by atoms with E-state index in [1.807, 2.05) is 30.3 Å². The van der Waals surface area contributed by atoms with E-state index in [4.69, 9.17) is 0 Å². The topological polar surface area (TPSA) is 119 Å². The molecule has 1 aliphatic rings. The lowest BCUT2D eigenvalue weighted by Crippen LogP contribution is -2.47. The first-order valence-corrected chi connectivity index (χ1v) is 9.78. The second-order valence-electron chi connectivity index (χ2n) is 7.27. The summed E-state index contributed by atoms with van der Waals surface area (Å²) in [6, 6.07) is 14.2. The van der Waals surface area contributed by atoms with Crippen molar-refractivity contribution in [2.45, 2.75) is 38.0 Å². The molecule has 0 radical (unpaired) electrons. The van der Waals surface area contributed by atoms with Gasteiger partial charge in [0.25, 0.3) is 0 Å². The number of anilines is 1. The summed E-state index contributed by atoms with van der Waals surface area (Å²) in [7, 11) is 0. The Bertz CT molecular complexity index is 916. The summed E-state index contributed by atoms with van der Waals surface area (Å²) < 4.78 is 0. The predicted octanol–water partition coefficient (Wildman–Crippen LogP) is 2.68. The molecule has 30 heavy (non-hydrogen) atoms. The number of nitrogens with zero attached hydrogens (tertiary/aromatic N) is 1. The van der Waals surface area contributed by atoms with Crippen LogP contribution in [0.5, 0.6) is 0 Å². The Morgan fingerprint density at radius 3 is 2.50 bits per heavy atom. The lowest BCUT2D eigenvalue weighted by molar-refractivity contribution is -0.149. The standard InChI is InChI=1S/C22H25N3O5/c1-14(26)16-8-5-9-17(12-16)24-22(30)23-13-20(27)25-18(10-11-19(25)21(28)29)15-6-3-2-4-7-15/h2-9,12,14,18-19,26H,10-11,13H2,1H3,(H,28,29)(H2,23,24,30)/t14?,18?,19-/m0/s1. The highest BCUT2D eigenvalue weighted by atomic mass is 16.4. The Morgan fingerprint density at radius 2 is 1.83 bits per heavy atom. The molecule has 4 N–H and O–H groups in total. The maximum absolute atomic E-state index is 12.8. The molecule has 1 aliphatic heterocycles. The van der Waals surface area contributed by atoms with Gasteiger partial charge in [-0.2, -0.15) is 0 Å². The van der Waals surface area contributed by atoms with Crippen LogP contribution in [0.25, 0.3) is 0 Å². The van der Waals surface area contributed by atoms with Crippen LogP contribution in [0.4, 0.5) is 10.5 Å². The normalized spacial score (nSPS) is 19.2. The van der Waals surface area contributed by atoms with Crippen molar-refractivity contribution in [2.75, 3.05) is 11.9 Å². The minimum atomic E-state index is -1.05. The molecule has 8 heteroatoms. The zero-order valence-electron chi connectivity index (χ0n) is 16.6. The van der Waals surface area contributed by atoms with Crippen LogP contribution in [0.1, 0.15) is 43.0 Å². The molecule has 0 saturated carbocycles. The van der Waals surface area contributed by atoms with Crippen LogP contribution in [0.3, 0.4) is 0 Å². The molecule has 0 spiro atoms. The average Bonchev–Trinajstić information content (AvgIpc) is 3.18. The molecule has 8 nitrogen and oxygen atoms in total. The van der Waals surface area contributed by atoms with E-state index in [-0.39, 0.29) is 12.6 Å². The predicted molar refractivity (Wildman–Crippen MR) is 111 cm³/mol. The maximum Gasteiger partial charge on any atom is 0.326 e. The first kappa shape index (κ1) is 21.3. The van der Waals surface area contributed by atoms with E-state index in [1.165, 1.54) is 4.90 Å². The first-order chi connectivity index (χ1) is 14.4. The molecule has 2 aromatic carbocycles. The fourth-order valence-electron chi connectivity index (χ4n) is 3.70. The number of urea groups is 1. The van der Waals surface area contributed by atoms with Crippen molar-refractivity contribution in [1.82, 2.24) is 10.2 Å². The zero-order valence-corrected chi connectivity index (χ0v) is 16.6. The lowest BCUT2D eigenvalue weighted by atomic mass is 10.0. The fraction of sp³-hybridized carbons (Fsp3) is 0.318. The highest BCUT2D eigenvalue weighted by Gasteiger charge is 2.41. The molecule has 0 aliphatic carbocycles. The number of aliphatic hydroxyl groups is 1. The molecule has 1 heterocycles. The molecule has 3 atom stereocenters. The Kier molecular flexibility index (Phi) is 6.68. The number of aliphatic hydroxyl groups excluding tert-OH is 1.